The van der Waals surface area contributed by atoms with Crippen LogP contribution in [0.4, 0.5) is 0 Å². The van der Waals surface area contributed by atoms with E-state index in [0.717, 1.165) is 22.9 Å². The van der Waals surface area contributed by atoms with Gasteiger partial charge in [-0.3, -0.25) is 0 Å². The molecule has 0 bridgehead atoms. The first-order valence-corrected chi connectivity index (χ1v) is 7.32. The van der Waals surface area contributed by atoms with Crippen LogP contribution in [0.5, 0.6) is 5.75 Å². The molecule has 0 spiro atoms. The van der Waals surface area contributed by atoms with E-state index in [-0.39, 0.29) is 6.04 Å². The van der Waals surface area contributed by atoms with Crippen molar-refractivity contribution < 1.29 is 4.74 Å². The van der Waals surface area contributed by atoms with Gasteiger partial charge in [0.1, 0.15) is 12.4 Å². The molecule has 1 N–H and O–H groups in total. The highest BCUT2D eigenvalue weighted by molar-refractivity contribution is 6.30. The Bertz CT molecular complexity index is 525. The highest BCUT2D eigenvalue weighted by Crippen LogP contribution is 2.20. The molecule has 2 nitrogen and oxygen atoms in total. The van der Waals surface area contributed by atoms with E-state index in [0.29, 0.717) is 11.6 Å². The van der Waals surface area contributed by atoms with E-state index >= 15 is 0 Å². The van der Waals surface area contributed by atoms with E-state index in [4.69, 9.17) is 27.9 Å². The normalized spacial score (nSPS) is 12.2. The molecular formula is C16H17Cl2NO. The molecule has 0 aliphatic heterocycles. The van der Waals surface area contributed by atoms with Crippen LogP contribution in [-0.2, 0) is 0 Å². The molecule has 0 aromatic heterocycles. The van der Waals surface area contributed by atoms with Gasteiger partial charge in [-0.05, 0) is 48.5 Å². The van der Waals surface area contributed by atoms with Crippen LogP contribution in [-0.4, -0.2) is 13.2 Å². The molecule has 2 aromatic carbocycles. The van der Waals surface area contributed by atoms with E-state index in [1.54, 1.807) is 0 Å². The summed E-state index contributed by atoms with van der Waals surface area (Å²) in [5, 5.41) is 4.85. The molecule has 0 radical (unpaired) electrons. The summed E-state index contributed by atoms with van der Waals surface area (Å²) in [5.41, 5.74) is 1.16. The molecule has 1 unspecified atom stereocenters. The average molecular weight is 310 g/mol. The largest absolute Gasteiger partial charge is 0.492 e. The average Bonchev–Trinajstić information content (AvgIpc) is 2.46. The summed E-state index contributed by atoms with van der Waals surface area (Å²) in [6.07, 6.45) is 0. The van der Waals surface area contributed by atoms with Crippen molar-refractivity contribution in [1.29, 1.82) is 0 Å². The summed E-state index contributed by atoms with van der Waals surface area (Å²) >= 11 is 11.8. The Labute approximate surface area is 129 Å². The molecule has 0 saturated heterocycles. The van der Waals surface area contributed by atoms with Crippen molar-refractivity contribution in [2.45, 2.75) is 13.0 Å². The van der Waals surface area contributed by atoms with Crippen LogP contribution in [0, 0.1) is 0 Å². The molecule has 2 aromatic rings. The van der Waals surface area contributed by atoms with Gasteiger partial charge in [-0.2, -0.15) is 0 Å². The molecule has 1 atom stereocenters. The SMILES string of the molecule is CCNC(COc1ccc(Cl)cc1)c1ccc(Cl)cc1. The van der Waals surface area contributed by atoms with Gasteiger partial charge in [-0.1, -0.05) is 42.3 Å². The third-order valence-corrected chi connectivity index (χ3v) is 3.46. The van der Waals surface area contributed by atoms with Crippen molar-refractivity contribution in [3.8, 4) is 5.75 Å². The van der Waals surface area contributed by atoms with Crippen molar-refractivity contribution >= 4 is 23.2 Å². The number of hydrogen-bond donors (Lipinski definition) is 1. The molecule has 106 valence electrons. The van der Waals surface area contributed by atoms with Crippen molar-refractivity contribution in [3.63, 3.8) is 0 Å². The first kappa shape index (κ1) is 15.2. The molecule has 0 fully saturated rings. The zero-order chi connectivity index (χ0) is 14.4. The van der Waals surface area contributed by atoms with E-state index < -0.39 is 0 Å². The number of benzene rings is 2. The minimum absolute atomic E-state index is 0.132. The van der Waals surface area contributed by atoms with Gasteiger partial charge in [0, 0.05) is 10.0 Å². The number of likely N-dealkylation sites (N-methyl/N-ethyl adjacent to an activating group) is 1. The molecular weight excluding hydrogens is 293 g/mol. The van der Waals surface area contributed by atoms with Crippen molar-refractivity contribution in [1.82, 2.24) is 5.32 Å². The maximum atomic E-state index is 5.92. The van der Waals surface area contributed by atoms with Crippen LogP contribution in [0.2, 0.25) is 10.0 Å². The summed E-state index contributed by atoms with van der Waals surface area (Å²) in [4.78, 5) is 0. The second-order valence-corrected chi connectivity index (χ2v) is 5.30. The third-order valence-electron chi connectivity index (χ3n) is 2.95. The predicted octanol–water partition coefficient (Wildman–Crippen LogP) is 4.72. The Balaban J connectivity index is 2.02. The number of nitrogens with one attached hydrogen (secondary N) is 1. The number of ether oxygens (including phenoxy) is 1. The lowest BCUT2D eigenvalue weighted by Gasteiger charge is -2.19. The van der Waals surface area contributed by atoms with Crippen LogP contribution < -0.4 is 10.1 Å². The zero-order valence-electron chi connectivity index (χ0n) is 11.3. The Hall–Kier alpha value is -1.22. The Kier molecular flexibility index (Phi) is 5.72. The van der Waals surface area contributed by atoms with Crippen molar-refractivity contribution in [2.24, 2.45) is 0 Å². The standard InChI is InChI=1S/C16H17Cl2NO/c1-2-19-16(12-3-5-13(17)6-4-12)11-20-15-9-7-14(18)8-10-15/h3-10,16,19H,2,11H2,1H3. The molecule has 0 aliphatic carbocycles. The lowest BCUT2D eigenvalue weighted by molar-refractivity contribution is 0.268. The smallest absolute Gasteiger partial charge is 0.119 e. The number of rotatable bonds is 6. The predicted molar refractivity (Wildman–Crippen MR) is 84.8 cm³/mol. The Morgan fingerprint density at radius 2 is 1.50 bits per heavy atom. The van der Waals surface area contributed by atoms with Crippen LogP contribution >= 0.6 is 23.2 Å². The topological polar surface area (TPSA) is 21.3 Å². The Morgan fingerprint density at radius 3 is 2.05 bits per heavy atom. The maximum Gasteiger partial charge on any atom is 0.119 e. The summed E-state index contributed by atoms with van der Waals surface area (Å²) in [7, 11) is 0. The number of halogens is 2. The fourth-order valence-electron chi connectivity index (χ4n) is 1.92. The zero-order valence-corrected chi connectivity index (χ0v) is 12.8. The monoisotopic (exact) mass is 309 g/mol. The van der Waals surface area contributed by atoms with Gasteiger partial charge < -0.3 is 10.1 Å². The van der Waals surface area contributed by atoms with E-state index in [1.807, 2.05) is 48.5 Å². The van der Waals surface area contributed by atoms with Gasteiger partial charge in [0.2, 0.25) is 0 Å². The molecule has 0 aliphatic rings. The molecule has 4 heteroatoms. The quantitative estimate of drug-likeness (QED) is 0.833. The van der Waals surface area contributed by atoms with Crippen LogP contribution in [0.1, 0.15) is 18.5 Å². The maximum absolute atomic E-state index is 5.92. The highest BCUT2D eigenvalue weighted by atomic mass is 35.5. The fourth-order valence-corrected chi connectivity index (χ4v) is 2.18. The Morgan fingerprint density at radius 1 is 0.950 bits per heavy atom. The lowest BCUT2D eigenvalue weighted by atomic mass is 10.1. The second kappa shape index (κ2) is 7.53. The van der Waals surface area contributed by atoms with E-state index in [1.165, 1.54) is 0 Å². The van der Waals surface area contributed by atoms with Crippen LogP contribution in [0.3, 0.4) is 0 Å². The first-order valence-electron chi connectivity index (χ1n) is 6.56. The molecule has 20 heavy (non-hydrogen) atoms. The van der Waals surface area contributed by atoms with Gasteiger partial charge in [-0.25, -0.2) is 0 Å². The highest BCUT2D eigenvalue weighted by Gasteiger charge is 2.11. The molecule has 0 amide bonds. The summed E-state index contributed by atoms with van der Waals surface area (Å²) in [5.74, 6) is 0.811. The minimum Gasteiger partial charge on any atom is -0.492 e. The minimum atomic E-state index is 0.132. The summed E-state index contributed by atoms with van der Waals surface area (Å²) in [6.45, 7) is 3.50. The molecule has 0 saturated carbocycles. The van der Waals surface area contributed by atoms with Crippen molar-refractivity contribution in [2.75, 3.05) is 13.2 Å². The summed E-state index contributed by atoms with van der Waals surface area (Å²) < 4.78 is 5.81. The first-order chi connectivity index (χ1) is 9.69. The second-order valence-electron chi connectivity index (χ2n) is 4.43. The van der Waals surface area contributed by atoms with Crippen LogP contribution in [0.25, 0.3) is 0 Å². The van der Waals surface area contributed by atoms with Gasteiger partial charge in [0.05, 0.1) is 6.04 Å². The van der Waals surface area contributed by atoms with Gasteiger partial charge in [0.25, 0.3) is 0 Å². The lowest BCUT2D eigenvalue weighted by Crippen LogP contribution is -2.26. The van der Waals surface area contributed by atoms with E-state index in [2.05, 4.69) is 12.2 Å². The van der Waals surface area contributed by atoms with E-state index in [9.17, 15) is 0 Å². The third kappa shape index (κ3) is 4.41. The van der Waals surface area contributed by atoms with Gasteiger partial charge >= 0.3 is 0 Å². The van der Waals surface area contributed by atoms with Gasteiger partial charge in [0.15, 0.2) is 0 Å². The number of hydrogen-bond acceptors (Lipinski definition) is 2. The van der Waals surface area contributed by atoms with Crippen LogP contribution in [0.15, 0.2) is 48.5 Å². The molecule has 0 heterocycles. The molecule has 2 rings (SSSR count). The van der Waals surface area contributed by atoms with Crippen molar-refractivity contribution in [3.05, 3.63) is 64.1 Å². The summed E-state index contributed by atoms with van der Waals surface area (Å²) in [6, 6.07) is 15.3. The fraction of sp³-hybridized carbons (Fsp3) is 0.250. The van der Waals surface area contributed by atoms with Gasteiger partial charge in [-0.15, -0.1) is 0 Å².